The van der Waals surface area contributed by atoms with Gasteiger partial charge in [0, 0.05) is 92.1 Å². The van der Waals surface area contributed by atoms with Crippen LogP contribution in [0.15, 0.2) is 65.5 Å². The molecule has 3 saturated heterocycles. The Labute approximate surface area is 382 Å². The molecule has 1 unspecified atom stereocenters. The largest absolute Gasteiger partial charge is 0.489 e. The number of piperazine rings is 1. The molecule has 65 heavy (non-hydrogen) atoms. The Bertz CT molecular complexity index is 2540. The number of carbonyl (C=O) groups is 4. The molecule has 4 amide bonds. The predicted molar refractivity (Wildman–Crippen MR) is 244 cm³/mol. The number of fused-ring (bicyclic) bond motifs is 1. The standard InChI is InChI=1S/C47H55ClN10O7/c1-46(2)44(47(3,4)45(46)65-34-11-7-30(27-49)36(48)26-34)52-41(61)29-5-9-32(10-6-29)56-21-19-55(20-22-56)23-24-64-33-15-17-57(18-16-33)40(60)28-50-31-8-12-37-35(25-31)43(63)58(54-53-37)38-13-14-39(59)51-42(38)62/h5-12,25-26,33,38,44-45,50H,13-24,28H2,1-4H3,(H,52,61)(H,51,59,62). The van der Waals surface area contributed by atoms with Crippen molar-refractivity contribution in [1.29, 1.82) is 5.26 Å². The van der Waals surface area contributed by atoms with Crippen molar-refractivity contribution in [3.8, 4) is 11.8 Å². The average Bonchev–Trinajstić information content (AvgIpc) is 3.30. The number of hydrogen-bond donors (Lipinski definition) is 3. The minimum Gasteiger partial charge on any atom is -0.489 e. The first kappa shape index (κ1) is 45.5. The zero-order valence-electron chi connectivity index (χ0n) is 37.1. The van der Waals surface area contributed by atoms with Gasteiger partial charge in [-0.25, -0.2) is 0 Å². The molecule has 17 nitrogen and oxygen atoms in total. The van der Waals surface area contributed by atoms with Crippen LogP contribution in [-0.4, -0.2) is 126 Å². The van der Waals surface area contributed by atoms with Crippen molar-refractivity contribution in [2.24, 2.45) is 10.8 Å². The molecule has 342 valence electrons. The predicted octanol–water partition coefficient (Wildman–Crippen LogP) is 4.15. The first-order valence-electron chi connectivity index (χ1n) is 22.2. The average molecular weight is 907 g/mol. The van der Waals surface area contributed by atoms with Crippen LogP contribution in [0, 0.1) is 22.2 Å². The van der Waals surface area contributed by atoms with Crippen LogP contribution < -0.4 is 31.1 Å². The van der Waals surface area contributed by atoms with E-state index < -0.39 is 17.5 Å². The second-order valence-corrected chi connectivity index (χ2v) is 18.9. The van der Waals surface area contributed by atoms with Crippen LogP contribution in [0.25, 0.3) is 10.9 Å². The van der Waals surface area contributed by atoms with Gasteiger partial charge in [-0.2, -0.15) is 9.94 Å². The van der Waals surface area contributed by atoms with Gasteiger partial charge in [-0.15, -0.1) is 5.10 Å². The highest BCUT2D eigenvalue weighted by molar-refractivity contribution is 6.31. The van der Waals surface area contributed by atoms with Gasteiger partial charge in [0.05, 0.1) is 35.2 Å². The third-order valence-corrected chi connectivity index (χ3v) is 13.8. The number of nitriles is 1. The van der Waals surface area contributed by atoms with E-state index in [1.807, 2.05) is 29.2 Å². The number of anilines is 2. The fourth-order valence-electron chi connectivity index (χ4n) is 10.1. The van der Waals surface area contributed by atoms with Gasteiger partial charge >= 0.3 is 0 Å². The number of halogens is 1. The third kappa shape index (κ3) is 9.66. The maximum Gasteiger partial charge on any atom is 0.278 e. The van der Waals surface area contributed by atoms with Crippen LogP contribution in [0.2, 0.25) is 5.02 Å². The molecule has 1 aromatic heterocycles. The van der Waals surface area contributed by atoms with Gasteiger partial charge in [-0.3, -0.25) is 34.2 Å². The summed E-state index contributed by atoms with van der Waals surface area (Å²) in [5.41, 5.74) is 1.79. The molecule has 1 aliphatic carbocycles. The summed E-state index contributed by atoms with van der Waals surface area (Å²) in [6.07, 6.45) is 1.68. The number of imide groups is 1. The molecular formula is C47H55ClN10O7. The van der Waals surface area contributed by atoms with Crippen molar-refractivity contribution in [2.75, 3.05) is 69.2 Å². The van der Waals surface area contributed by atoms with Gasteiger partial charge in [-0.1, -0.05) is 44.5 Å². The smallest absolute Gasteiger partial charge is 0.278 e. The zero-order chi connectivity index (χ0) is 46.0. The summed E-state index contributed by atoms with van der Waals surface area (Å²) >= 11 is 6.25. The highest BCUT2D eigenvalue weighted by Crippen LogP contribution is 2.55. The van der Waals surface area contributed by atoms with Crippen LogP contribution >= 0.6 is 11.6 Å². The van der Waals surface area contributed by atoms with Crippen LogP contribution in [0.5, 0.6) is 5.75 Å². The molecule has 1 saturated carbocycles. The maximum absolute atomic E-state index is 13.5. The summed E-state index contributed by atoms with van der Waals surface area (Å²) in [6.45, 7) is 14.6. The first-order chi connectivity index (χ1) is 31.1. The van der Waals surface area contributed by atoms with Gasteiger partial charge in [0.25, 0.3) is 17.4 Å². The number of rotatable bonds is 13. The van der Waals surface area contributed by atoms with Crippen LogP contribution in [0.3, 0.4) is 0 Å². The van der Waals surface area contributed by atoms with E-state index in [1.165, 1.54) is 0 Å². The number of benzene rings is 3. The summed E-state index contributed by atoms with van der Waals surface area (Å²) in [4.78, 5) is 70.3. The molecule has 3 aromatic carbocycles. The van der Waals surface area contributed by atoms with E-state index in [2.05, 4.69) is 69.8 Å². The number of nitrogens with zero attached hydrogens (tertiary/aromatic N) is 7. The summed E-state index contributed by atoms with van der Waals surface area (Å²) in [7, 11) is 0. The molecule has 18 heteroatoms. The van der Waals surface area contributed by atoms with Crippen LogP contribution in [0.1, 0.15) is 75.3 Å². The summed E-state index contributed by atoms with van der Waals surface area (Å²) < 4.78 is 13.7. The summed E-state index contributed by atoms with van der Waals surface area (Å²) in [5.74, 6) is -0.551. The van der Waals surface area contributed by atoms with E-state index in [1.54, 1.807) is 36.4 Å². The monoisotopic (exact) mass is 906 g/mol. The van der Waals surface area contributed by atoms with Crippen molar-refractivity contribution >= 4 is 57.5 Å². The molecule has 0 bridgehead atoms. The maximum atomic E-state index is 13.5. The lowest BCUT2D eigenvalue weighted by atomic mass is 9.49. The van der Waals surface area contributed by atoms with Crippen LogP contribution in [-0.2, 0) is 19.1 Å². The SMILES string of the molecule is CC1(C)C(NC(=O)c2ccc(N3CCN(CCOC4CCN(C(=O)CNc5ccc6nnn(C7CCC(=O)NC7=O)c(=O)c6c5)CC4)CC3)cc2)C(C)(C)C1Oc1ccc(C#N)c(Cl)c1. The molecule has 3 N–H and O–H groups in total. The lowest BCUT2D eigenvalue weighted by Crippen LogP contribution is -2.74. The number of amides is 4. The minimum absolute atomic E-state index is 0.0524. The Morgan fingerprint density at radius 2 is 1.65 bits per heavy atom. The number of likely N-dealkylation sites (tertiary alicyclic amines) is 1. The van der Waals surface area contributed by atoms with Crippen molar-refractivity contribution in [3.63, 3.8) is 0 Å². The molecule has 0 spiro atoms. The van der Waals surface area contributed by atoms with E-state index in [-0.39, 0.29) is 71.6 Å². The number of hydrogen-bond acceptors (Lipinski definition) is 13. The van der Waals surface area contributed by atoms with E-state index >= 15 is 0 Å². The van der Waals surface area contributed by atoms with Crippen molar-refractivity contribution in [2.45, 2.75) is 77.7 Å². The van der Waals surface area contributed by atoms with Crippen molar-refractivity contribution in [1.82, 2.24) is 35.4 Å². The molecule has 4 aromatic rings. The molecular weight excluding hydrogens is 852 g/mol. The summed E-state index contributed by atoms with van der Waals surface area (Å²) in [6, 6.07) is 18.9. The fraction of sp³-hybridized carbons (Fsp3) is 0.489. The highest BCUT2D eigenvalue weighted by Gasteiger charge is 2.64. The van der Waals surface area contributed by atoms with E-state index in [4.69, 9.17) is 21.1 Å². The van der Waals surface area contributed by atoms with Gasteiger partial charge in [-0.05, 0) is 73.9 Å². The number of aromatic nitrogens is 3. The summed E-state index contributed by atoms with van der Waals surface area (Å²) in [5, 5.41) is 26.5. The van der Waals surface area contributed by atoms with E-state index in [9.17, 15) is 29.2 Å². The Morgan fingerprint density at radius 1 is 0.923 bits per heavy atom. The van der Waals surface area contributed by atoms with E-state index in [0.29, 0.717) is 52.8 Å². The molecule has 4 fully saturated rings. The molecule has 4 heterocycles. The van der Waals surface area contributed by atoms with Gasteiger partial charge in [0.1, 0.15) is 29.5 Å². The topological polar surface area (TPSA) is 204 Å². The molecule has 0 radical (unpaired) electrons. The zero-order valence-corrected chi connectivity index (χ0v) is 37.9. The first-order valence-corrected chi connectivity index (χ1v) is 22.6. The van der Waals surface area contributed by atoms with Gasteiger partial charge in [0.2, 0.25) is 11.8 Å². The number of piperidine rings is 2. The Balaban J connectivity index is 0.728. The molecule has 3 aliphatic heterocycles. The number of nitrogens with one attached hydrogen (secondary N) is 3. The molecule has 8 rings (SSSR count). The second-order valence-electron chi connectivity index (χ2n) is 18.5. The lowest BCUT2D eigenvalue weighted by molar-refractivity contribution is -0.164. The van der Waals surface area contributed by atoms with Gasteiger partial charge < -0.3 is 29.9 Å². The highest BCUT2D eigenvalue weighted by atomic mass is 35.5. The van der Waals surface area contributed by atoms with E-state index in [0.717, 1.165) is 55.9 Å². The fourth-order valence-corrected chi connectivity index (χ4v) is 10.3. The second kappa shape index (κ2) is 18.8. The van der Waals surface area contributed by atoms with Gasteiger partial charge in [0.15, 0.2) is 0 Å². The molecule has 1 atom stereocenters. The third-order valence-electron chi connectivity index (χ3n) is 13.5. The van der Waals surface area contributed by atoms with Crippen molar-refractivity contribution in [3.05, 3.63) is 87.2 Å². The quantitative estimate of drug-likeness (QED) is 0.162. The Kier molecular flexibility index (Phi) is 13.1. The minimum atomic E-state index is -0.916. The number of ether oxygens (including phenoxy) is 2. The normalized spacial score (nSPS) is 22.1. The van der Waals surface area contributed by atoms with Crippen LogP contribution in [0.4, 0.5) is 11.4 Å². The number of carbonyl (C=O) groups excluding carboxylic acids is 4. The lowest BCUT2D eigenvalue weighted by Gasteiger charge is -2.63. The Morgan fingerprint density at radius 3 is 2.32 bits per heavy atom. The van der Waals surface area contributed by atoms with Crippen molar-refractivity contribution < 1.29 is 28.7 Å². The Hall–Kier alpha value is -6.09. The molecule has 4 aliphatic rings.